The van der Waals surface area contributed by atoms with Crippen LogP contribution in [-0.4, -0.2) is 18.2 Å². The van der Waals surface area contributed by atoms with Crippen molar-refractivity contribution in [1.29, 1.82) is 0 Å². The van der Waals surface area contributed by atoms with Crippen LogP contribution in [0.2, 0.25) is 0 Å². The molecule has 1 fully saturated rings. The van der Waals surface area contributed by atoms with E-state index in [1.165, 1.54) is 29.5 Å². The zero-order chi connectivity index (χ0) is 19.2. The summed E-state index contributed by atoms with van der Waals surface area (Å²) in [5, 5.41) is 0. The third-order valence-corrected chi connectivity index (χ3v) is 5.58. The van der Waals surface area contributed by atoms with Crippen molar-refractivity contribution < 1.29 is 9.47 Å². The predicted molar refractivity (Wildman–Crippen MR) is 112 cm³/mol. The van der Waals surface area contributed by atoms with E-state index in [2.05, 4.69) is 59.6 Å². The zero-order valence-electron chi connectivity index (χ0n) is 16.4. The number of nitrogens with zero attached hydrogens (tertiary/aromatic N) is 1. The lowest BCUT2D eigenvalue weighted by molar-refractivity contribution is 0.200. The van der Waals surface area contributed by atoms with Crippen LogP contribution in [0.25, 0.3) is 0 Å². The molecule has 3 heteroatoms. The molecule has 1 atom stereocenters. The Morgan fingerprint density at radius 3 is 2.36 bits per heavy atom. The third kappa shape index (κ3) is 4.36. The topological polar surface area (TPSA) is 31.4 Å². The highest BCUT2D eigenvalue weighted by molar-refractivity contribution is 5.47. The van der Waals surface area contributed by atoms with Crippen molar-refractivity contribution in [2.45, 2.75) is 44.1 Å². The lowest BCUT2D eigenvalue weighted by Crippen LogP contribution is -2.12. The van der Waals surface area contributed by atoms with Crippen molar-refractivity contribution in [1.82, 2.24) is 4.98 Å². The molecule has 0 radical (unpaired) electrons. The van der Waals surface area contributed by atoms with E-state index in [1.54, 1.807) is 7.11 Å². The van der Waals surface area contributed by atoms with Crippen molar-refractivity contribution >= 4 is 0 Å². The number of aromatic nitrogens is 1. The summed E-state index contributed by atoms with van der Waals surface area (Å²) in [4.78, 5) is 4.16. The van der Waals surface area contributed by atoms with Gasteiger partial charge in [0.25, 0.3) is 0 Å². The average molecular weight is 373 g/mol. The van der Waals surface area contributed by atoms with E-state index in [9.17, 15) is 0 Å². The second kappa shape index (κ2) is 8.92. The maximum absolute atomic E-state index is 6.34. The molecule has 1 aromatic heterocycles. The van der Waals surface area contributed by atoms with Crippen LogP contribution in [0.15, 0.2) is 73.1 Å². The summed E-state index contributed by atoms with van der Waals surface area (Å²) < 4.78 is 11.9. The molecule has 144 valence electrons. The Kier molecular flexibility index (Phi) is 5.91. The van der Waals surface area contributed by atoms with Crippen molar-refractivity contribution in [3.8, 4) is 11.5 Å². The summed E-state index contributed by atoms with van der Waals surface area (Å²) in [5.41, 5.74) is 3.83. The van der Waals surface area contributed by atoms with E-state index in [0.717, 1.165) is 30.8 Å². The molecule has 1 aliphatic rings. The van der Waals surface area contributed by atoms with Crippen LogP contribution in [0, 0.1) is 0 Å². The van der Waals surface area contributed by atoms with Gasteiger partial charge in [-0.3, -0.25) is 4.98 Å². The summed E-state index contributed by atoms with van der Waals surface area (Å²) in [6, 6.07) is 21.3. The molecule has 0 N–H and O–H groups in total. The molecule has 0 spiro atoms. The fourth-order valence-corrected chi connectivity index (χ4v) is 4.06. The Hall–Kier alpha value is -2.81. The highest BCUT2D eigenvalue weighted by Gasteiger charge is 2.21. The summed E-state index contributed by atoms with van der Waals surface area (Å²) in [5.74, 6) is 1.93. The number of pyridine rings is 1. The number of rotatable bonds is 7. The molecule has 0 amide bonds. The minimum absolute atomic E-state index is 0.250. The van der Waals surface area contributed by atoms with Gasteiger partial charge in [-0.15, -0.1) is 0 Å². The van der Waals surface area contributed by atoms with Gasteiger partial charge in [-0.1, -0.05) is 36.4 Å². The van der Waals surface area contributed by atoms with Gasteiger partial charge in [0.1, 0.15) is 0 Å². The smallest absolute Gasteiger partial charge is 0.161 e. The van der Waals surface area contributed by atoms with Gasteiger partial charge in [0.2, 0.25) is 0 Å². The van der Waals surface area contributed by atoms with Crippen molar-refractivity contribution in [3.63, 3.8) is 0 Å². The zero-order valence-corrected chi connectivity index (χ0v) is 16.4. The molecule has 1 saturated carbocycles. The Labute approximate surface area is 167 Å². The molecule has 0 bridgehead atoms. The summed E-state index contributed by atoms with van der Waals surface area (Å²) in [6.45, 7) is 0. The fraction of sp³-hybridized carbons (Fsp3) is 0.320. The maximum atomic E-state index is 6.34. The van der Waals surface area contributed by atoms with Crippen LogP contribution in [0.5, 0.6) is 11.5 Å². The van der Waals surface area contributed by atoms with Crippen molar-refractivity contribution in [2.24, 2.45) is 0 Å². The molecule has 0 aliphatic heterocycles. The van der Waals surface area contributed by atoms with E-state index < -0.39 is 0 Å². The van der Waals surface area contributed by atoms with Gasteiger partial charge in [-0.05, 0) is 73.1 Å². The third-order valence-electron chi connectivity index (χ3n) is 5.58. The van der Waals surface area contributed by atoms with E-state index in [-0.39, 0.29) is 5.92 Å². The molecule has 3 aromatic rings. The van der Waals surface area contributed by atoms with Gasteiger partial charge in [0.05, 0.1) is 13.2 Å². The molecule has 1 heterocycles. The van der Waals surface area contributed by atoms with Gasteiger partial charge in [0, 0.05) is 18.3 Å². The largest absolute Gasteiger partial charge is 0.493 e. The highest BCUT2D eigenvalue weighted by atomic mass is 16.5. The average Bonchev–Trinajstić information content (AvgIpc) is 3.26. The van der Waals surface area contributed by atoms with Crippen molar-refractivity contribution in [3.05, 3.63) is 89.7 Å². The number of benzene rings is 2. The van der Waals surface area contributed by atoms with Crippen LogP contribution >= 0.6 is 0 Å². The second-order valence-electron chi connectivity index (χ2n) is 7.46. The van der Waals surface area contributed by atoms with Crippen LogP contribution in [0.4, 0.5) is 0 Å². The number of methoxy groups -OCH3 is 1. The number of ether oxygens (including phenoxy) is 2. The van der Waals surface area contributed by atoms with Gasteiger partial charge in [-0.25, -0.2) is 0 Å². The van der Waals surface area contributed by atoms with E-state index in [4.69, 9.17) is 9.47 Å². The Morgan fingerprint density at radius 1 is 0.893 bits per heavy atom. The summed E-state index contributed by atoms with van der Waals surface area (Å²) >= 11 is 0. The summed E-state index contributed by atoms with van der Waals surface area (Å²) in [6.07, 6.45) is 9.71. The first kappa shape index (κ1) is 18.5. The van der Waals surface area contributed by atoms with Gasteiger partial charge >= 0.3 is 0 Å². The molecule has 0 saturated heterocycles. The second-order valence-corrected chi connectivity index (χ2v) is 7.46. The van der Waals surface area contributed by atoms with Crippen LogP contribution in [0.1, 0.15) is 48.3 Å². The lowest BCUT2D eigenvalue weighted by atomic mass is 9.86. The Morgan fingerprint density at radius 2 is 1.64 bits per heavy atom. The molecule has 3 nitrogen and oxygen atoms in total. The van der Waals surface area contributed by atoms with Crippen LogP contribution in [-0.2, 0) is 6.42 Å². The summed E-state index contributed by atoms with van der Waals surface area (Å²) in [7, 11) is 1.71. The number of hydrogen-bond donors (Lipinski definition) is 0. The van der Waals surface area contributed by atoms with Gasteiger partial charge in [-0.2, -0.15) is 0 Å². The molecule has 1 aliphatic carbocycles. The quantitative estimate of drug-likeness (QED) is 0.525. The minimum atomic E-state index is 0.250. The van der Waals surface area contributed by atoms with Gasteiger partial charge in [0.15, 0.2) is 11.5 Å². The molecule has 28 heavy (non-hydrogen) atoms. The predicted octanol–water partition coefficient (Wildman–Crippen LogP) is 5.79. The first-order valence-corrected chi connectivity index (χ1v) is 10.1. The first-order chi connectivity index (χ1) is 13.8. The molecular formula is C25H27NO2. The van der Waals surface area contributed by atoms with Crippen LogP contribution < -0.4 is 9.47 Å². The molecular weight excluding hydrogens is 346 g/mol. The maximum Gasteiger partial charge on any atom is 0.161 e. The molecule has 4 rings (SSSR count). The minimum Gasteiger partial charge on any atom is -0.493 e. The van der Waals surface area contributed by atoms with Crippen LogP contribution in [0.3, 0.4) is 0 Å². The highest BCUT2D eigenvalue weighted by Crippen LogP contribution is 2.37. The fourth-order valence-electron chi connectivity index (χ4n) is 4.06. The monoisotopic (exact) mass is 373 g/mol. The first-order valence-electron chi connectivity index (χ1n) is 10.1. The van der Waals surface area contributed by atoms with Crippen molar-refractivity contribution in [2.75, 3.05) is 7.11 Å². The van der Waals surface area contributed by atoms with E-state index >= 15 is 0 Å². The van der Waals surface area contributed by atoms with Gasteiger partial charge < -0.3 is 9.47 Å². The van der Waals surface area contributed by atoms with E-state index in [0.29, 0.717) is 6.10 Å². The standard InChI is InChI=1S/C25H27NO2/c1-27-24-12-11-21(18-25(24)28-22-9-5-6-10-22)23(20-7-3-2-4-8-20)17-19-13-15-26-16-14-19/h2-4,7-8,11-16,18,22-23H,5-6,9-10,17H2,1H3/t23-/m0/s1. The molecule has 0 unspecified atom stereocenters. The normalized spacial score (nSPS) is 15.3. The molecule has 2 aromatic carbocycles. The number of hydrogen-bond acceptors (Lipinski definition) is 3. The Bertz CT molecular complexity index is 874. The SMILES string of the molecule is COc1ccc([C@@H](Cc2ccncc2)c2ccccc2)cc1OC1CCCC1. The lowest BCUT2D eigenvalue weighted by Gasteiger charge is -2.22. The Balaban J connectivity index is 1.68. The van der Waals surface area contributed by atoms with E-state index in [1.807, 2.05) is 18.5 Å².